The van der Waals surface area contributed by atoms with Crippen LogP contribution in [0.25, 0.3) is 0 Å². The highest BCUT2D eigenvalue weighted by molar-refractivity contribution is 5.96. The summed E-state index contributed by atoms with van der Waals surface area (Å²) in [4.78, 5) is 14.2. The predicted molar refractivity (Wildman–Crippen MR) is 75.0 cm³/mol. The van der Waals surface area contributed by atoms with E-state index in [1.54, 1.807) is 4.90 Å². The molecule has 20 heavy (non-hydrogen) atoms. The summed E-state index contributed by atoms with van der Waals surface area (Å²) in [5, 5.41) is 11.6. The third-order valence-electron chi connectivity index (χ3n) is 3.63. The molecule has 1 aliphatic rings. The van der Waals surface area contributed by atoms with Gasteiger partial charge < -0.3 is 20.6 Å². The van der Waals surface area contributed by atoms with Crippen molar-refractivity contribution in [3.05, 3.63) is 34.9 Å². The van der Waals surface area contributed by atoms with Gasteiger partial charge in [0.15, 0.2) is 5.84 Å². The minimum Gasteiger partial charge on any atom is -0.409 e. The molecule has 2 rings (SSSR count). The van der Waals surface area contributed by atoms with E-state index < -0.39 is 6.10 Å². The molecule has 0 saturated carbocycles. The van der Waals surface area contributed by atoms with Crippen LogP contribution in [0, 0.1) is 13.8 Å². The topological polar surface area (TPSA) is 88.2 Å². The van der Waals surface area contributed by atoms with Gasteiger partial charge in [-0.3, -0.25) is 4.79 Å². The first-order valence-electron chi connectivity index (χ1n) is 6.49. The molecule has 0 bridgehead atoms. The van der Waals surface area contributed by atoms with Crippen LogP contribution in [0.4, 0.5) is 0 Å². The fourth-order valence-corrected chi connectivity index (χ4v) is 2.23. The van der Waals surface area contributed by atoms with Crippen LogP contribution in [-0.2, 0) is 4.74 Å². The molecule has 3 N–H and O–H groups in total. The molecule has 1 saturated heterocycles. The number of amidine groups is 1. The van der Waals surface area contributed by atoms with Crippen molar-refractivity contribution in [1.29, 1.82) is 0 Å². The van der Waals surface area contributed by atoms with Crippen molar-refractivity contribution < 1.29 is 14.7 Å². The number of hydrogen-bond acceptors (Lipinski definition) is 4. The highest BCUT2D eigenvalue weighted by Gasteiger charge is 2.28. The van der Waals surface area contributed by atoms with E-state index >= 15 is 0 Å². The first kappa shape index (κ1) is 14.3. The van der Waals surface area contributed by atoms with Crippen molar-refractivity contribution >= 4 is 11.7 Å². The van der Waals surface area contributed by atoms with Gasteiger partial charge in [0.25, 0.3) is 5.91 Å². The minimum atomic E-state index is -0.553. The average Bonchev–Trinajstić information content (AvgIpc) is 2.48. The number of ether oxygens (including phenoxy) is 1. The van der Waals surface area contributed by atoms with Gasteiger partial charge in [-0.05, 0) is 31.0 Å². The fourth-order valence-electron chi connectivity index (χ4n) is 2.23. The smallest absolute Gasteiger partial charge is 0.254 e. The number of morpholine rings is 1. The van der Waals surface area contributed by atoms with Crippen LogP contribution in [-0.4, -0.2) is 47.7 Å². The second-order valence-electron chi connectivity index (χ2n) is 4.88. The number of carbonyl (C=O) groups excluding carboxylic acids is 1. The molecule has 0 aromatic heterocycles. The van der Waals surface area contributed by atoms with Crippen LogP contribution < -0.4 is 5.73 Å². The van der Waals surface area contributed by atoms with Crippen molar-refractivity contribution in [2.45, 2.75) is 20.0 Å². The first-order valence-corrected chi connectivity index (χ1v) is 6.49. The lowest BCUT2D eigenvalue weighted by Crippen LogP contribution is -2.50. The Bertz CT molecular complexity index is 542. The van der Waals surface area contributed by atoms with Gasteiger partial charge in [0.05, 0.1) is 13.2 Å². The molecule has 0 aliphatic carbocycles. The van der Waals surface area contributed by atoms with Gasteiger partial charge >= 0.3 is 0 Å². The first-order chi connectivity index (χ1) is 9.54. The lowest BCUT2D eigenvalue weighted by atomic mass is 10.0. The number of oxime groups is 1. The molecule has 1 heterocycles. The number of nitrogens with zero attached hydrogens (tertiary/aromatic N) is 2. The summed E-state index contributed by atoms with van der Waals surface area (Å²) in [6.07, 6.45) is -0.553. The molecule has 6 heteroatoms. The Kier molecular flexibility index (Phi) is 4.24. The SMILES string of the molecule is Cc1cccc(C(=O)N2CCOC(C(N)=NO)C2)c1C. The number of amides is 1. The van der Waals surface area contributed by atoms with Gasteiger partial charge in [-0.15, -0.1) is 0 Å². The molecule has 1 unspecified atom stereocenters. The Balaban J connectivity index is 2.19. The van der Waals surface area contributed by atoms with Crippen molar-refractivity contribution in [2.75, 3.05) is 19.7 Å². The van der Waals surface area contributed by atoms with E-state index in [4.69, 9.17) is 15.7 Å². The van der Waals surface area contributed by atoms with Crippen molar-refractivity contribution in [3.63, 3.8) is 0 Å². The monoisotopic (exact) mass is 277 g/mol. The largest absolute Gasteiger partial charge is 0.409 e. The zero-order valence-electron chi connectivity index (χ0n) is 11.7. The molecule has 1 atom stereocenters. The van der Waals surface area contributed by atoms with Crippen molar-refractivity contribution in [2.24, 2.45) is 10.9 Å². The summed E-state index contributed by atoms with van der Waals surface area (Å²) in [5.41, 5.74) is 8.28. The summed E-state index contributed by atoms with van der Waals surface area (Å²) in [7, 11) is 0. The van der Waals surface area contributed by atoms with Gasteiger partial charge in [0, 0.05) is 12.1 Å². The third kappa shape index (κ3) is 2.75. The molecule has 1 aliphatic heterocycles. The van der Waals surface area contributed by atoms with E-state index in [1.165, 1.54) is 0 Å². The summed E-state index contributed by atoms with van der Waals surface area (Å²) < 4.78 is 5.39. The Morgan fingerprint density at radius 3 is 2.95 bits per heavy atom. The van der Waals surface area contributed by atoms with E-state index in [-0.39, 0.29) is 11.7 Å². The Hall–Kier alpha value is -2.08. The van der Waals surface area contributed by atoms with Crippen LogP contribution in [0.2, 0.25) is 0 Å². The second kappa shape index (κ2) is 5.92. The molecule has 1 aromatic carbocycles. The number of carbonyl (C=O) groups is 1. The van der Waals surface area contributed by atoms with Gasteiger partial charge in [-0.25, -0.2) is 0 Å². The maximum atomic E-state index is 12.6. The maximum Gasteiger partial charge on any atom is 0.254 e. The zero-order valence-corrected chi connectivity index (χ0v) is 11.7. The number of nitrogens with two attached hydrogens (primary N) is 1. The highest BCUT2D eigenvalue weighted by Crippen LogP contribution is 2.17. The summed E-state index contributed by atoms with van der Waals surface area (Å²) in [6, 6.07) is 5.67. The lowest BCUT2D eigenvalue weighted by molar-refractivity contribution is 0.00671. The molecule has 0 spiro atoms. The number of benzene rings is 1. The quantitative estimate of drug-likeness (QED) is 0.364. The number of aryl methyl sites for hydroxylation is 1. The Morgan fingerprint density at radius 2 is 2.25 bits per heavy atom. The zero-order chi connectivity index (χ0) is 14.7. The molecule has 6 nitrogen and oxygen atoms in total. The van der Waals surface area contributed by atoms with Crippen molar-refractivity contribution in [1.82, 2.24) is 4.90 Å². The second-order valence-corrected chi connectivity index (χ2v) is 4.88. The average molecular weight is 277 g/mol. The number of rotatable bonds is 2. The minimum absolute atomic E-state index is 0.0107. The van der Waals surface area contributed by atoms with Gasteiger partial charge in [-0.1, -0.05) is 17.3 Å². The Morgan fingerprint density at radius 1 is 1.50 bits per heavy atom. The summed E-state index contributed by atoms with van der Waals surface area (Å²) in [6.45, 7) is 5.08. The summed E-state index contributed by atoms with van der Waals surface area (Å²) in [5.74, 6) is -0.0614. The van der Waals surface area contributed by atoms with E-state index in [2.05, 4.69) is 5.16 Å². The summed E-state index contributed by atoms with van der Waals surface area (Å²) >= 11 is 0. The standard InChI is InChI=1S/C14H19N3O3/c1-9-4-3-5-11(10(9)2)14(18)17-6-7-20-12(8-17)13(15)16-19/h3-5,12,19H,6-8H2,1-2H3,(H2,15,16). The molecular formula is C14H19N3O3. The lowest BCUT2D eigenvalue weighted by Gasteiger charge is -2.32. The van der Waals surface area contributed by atoms with E-state index in [0.29, 0.717) is 25.3 Å². The maximum absolute atomic E-state index is 12.6. The number of hydrogen-bond donors (Lipinski definition) is 2. The van der Waals surface area contributed by atoms with Crippen molar-refractivity contribution in [3.8, 4) is 0 Å². The Labute approximate surface area is 117 Å². The van der Waals surface area contributed by atoms with E-state index in [0.717, 1.165) is 11.1 Å². The van der Waals surface area contributed by atoms with E-state index in [1.807, 2.05) is 32.0 Å². The van der Waals surface area contributed by atoms with Crippen LogP contribution in [0.3, 0.4) is 0 Å². The van der Waals surface area contributed by atoms with E-state index in [9.17, 15) is 4.79 Å². The van der Waals surface area contributed by atoms with Crippen LogP contribution in [0.15, 0.2) is 23.4 Å². The van der Waals surface area contributed by atoms with Crippen LogP contribution in [0.1, 0.15) is 21.5 Å². The molecule has 1 fully saturated rings. The van der Waals surface area contributed by atoms with Gasteiger partial charge in [-0.2, -0.15) is 0 Å². The van der Waals surface area contributed by atoms with Crippen LogP contribution in [0.5, 0.6) is 0 Å². The third-order valence-corrected chi connectivity index (χ3v) is 3.63. The fraction of sp³-hybridized carbons (Fsp3) is 0.429. The molecule has 1 aromatic rings. The highest BCUT2D eigenvalue weighted by atomic mass is 16.5. The predicted octanol–water partition coefficient (Wildman–Crippen LogP) is 0.891. The normalized spacial score (nSPS) is 20.0. The van der Waals surface area contributed by atoms with Gasteiger partial charge in [0.2, 0.25) is 0 Å². The molecule has 0 radical (unpaired) electrons. The molecule has 108 valence electrons. The molecular weight excluding hydrogens is 258 g/mol. The molecule has 1 amide bonds. The van der Waals surface area contributed by atoms with Gasteiger partial charge in [0.1, 0.15) is 6.10 Å². The van der Waals surface area contributed by atoms with Crippen LogP contribution >= 0.6 is 0 Å².